The Balaban J connectivity index is 1.84. The van der Waals surface area contributed by atoms with E-state index in [4.69, 9.17) is 5.11 Å². The number of carboxylic acid groups (broad SMARTS) is 1. The Labute approximate surface area is 103 Å². The molecule has 2 fully saturated rings. The third-order valence-corrected chi connectivity index (χ3v) is 4.59. The summed E-state index contributed by atoms with van der Waals surface area (Å²) in [5, 5.41) is 18.2. The van der Waals surface area contributed by atoms with Gasteiger partial charge in [0.25, 0.3) is 0 Å². The molecular weight excluding hydrogens is 218 g/mol. The predicted molar refractivity (Wildman–Crippen MR) is 64.7 cm³/mol. The SMILES string of the molecule is C[C@H]1CN(C2CCC(C(=O)O)CC2)C[C@H]1CO. The molecule has 1 aliphatic carbocycles. The molecule has 2 rings (SSSR count). The van der Waals surface area contributed by atoms with E-state index in [1.165, 1.54) is 0 Å². The monoisotopic (exact) mass is 241 g/mol. The first kappa shape index (κ1) is 12.8. The van der Waals surface area contributed by atoms with Crippen LogP contribution in [0.3, 0.4) is 0 Å². The molecule has 0 unspecified atom stereocenters. The van der Waals surface area contributed by atoms with Crippen LogP contribution in [-0.2, 0) is 4.79 Å². The number of rotatable bonds is 3. The highest BCUT2D eigenvalue weighted by Crippen LogP contribution is 2.32. The lowest BCUT2D eigenvalue weighted by Gasteiger charge is -2.33. The fraction of sp³-hybridized carbons (Fsp3) is 0.923. The van der Waals surface area contributed by atoms with Crippen molar-refractivity contribution in [3.8, 4) is 0 Å². The van der Waals surface area contributed by atoms with E-state index in [1.807, 2.05) is 0 Å². The van der Waals surface area contributed by atoms with E-state index < -0.39 is 5.97 Å². The molecule has 0 aromatic rings. The highest BCUT2D eigenvalue weighted by Gasteiger charge is 2.35. The van der Waals surface area contributed by atoms with Gasteiger partial charge >= 0.3 is 5.97 Å². The van der Waals surface area contributed by atoms with Crippen LogP contribution in [0.5, 0.6) is 0 Å². The van der Waals surface area contributed by atoms with E-state index in [9.17, 15) is 9.90 Å². The largest absolute Gasteiger partial charge is 0.481 e. The molecule has 17 heavy (non-hydrogen) atoms. The van der Waals surface area contributed by atoms with Crippen LogP contribution in [0, 0.1) is 17.8 Å². The molecule has 0 spiro atoms. The van der Waals surface area contributed by atoms with Crippen molar-refractivity contribution in [1.82, 2.24) is 4.90 Å². The lowest BCUT2D eigenvalue weighted by atomic mass is 9.85. The molecule has 0 amide bonds. The van der Waals surface area contributed by atoms with Gasteiger partial charge in [-0.1, -0.05) is 6.92 Å². The molecule has 1 aliphatic heterocycles. The average Bonchev–Trinajstić information content (AvgIpc) is 2.70. The fourth-order valence-electron chi connectivity index (χ4n) is 3.30. The van der Waals surface area contributed by atoms with E-state index in [1.54, 1.807) is 0 Å². The van der Waals surface area contributed by atoms with Gasteiger partial charge in [-0.25, -0.2) is 0 Å². The summed E-state index contributed by atoms with van der Waals surface area (Å²) >= 11 is 0. The van der Waals surface area contributed by atoms with Crippen molar-refractivity contribution in [2.75, 3.05) is 19.7 Å². The quantitative estimate of drug-likeness (QED) is 0.779. The van der Waals surface area contributed by atoms with Gasteiger partial charge in [-0.2, -0.15) is 0 Å². The Hall–Kier alpha value is -0.610. The van der Waals surface area contributed by atoms with Gasteiger partial charge in [0.1, 0.15) is 0 Å². The molecule has 2 atom stereocenters. The van der Waals surface area contributed by atoms with E-state index in [-0.39, 0.29) is 12.5 Å². The molecule has 4 heteroatoms. The van der Waals surface area contributed by atoms with Gasteiger partial charge in [-0.15, -0.1) is 0 Å². The maximum atomic E-state index is 10.9. The molecule has 98 valence electrons. The summed E-state index contributed by atoms with van der Waals surface area (Å²) in [5.74, 6) is 0.218. The zero-order valence-corrected chi connectivity index (χ0v) is 10.5. The van der Waals surface area contributed by atoms with Crippen molar-refractivity contribution < 1.29 is 15.0 Å². The molecule has 1 heterocycles. The lowest BCUT2D eigenvalue weighted by molar-refractivity contribution is -0.143. The summed E-state index contributed by atoms with van der Waals surface area (Å²) in [5.41, 5.74) is 0. The van der Waals surface area contributed by atoms with Crippen LogP contribution < -0.4 is 0 Å². The second-order valence-electron chi connectivity index (χ2n) is 5.72. The average molecular weight is 241 g/mol. The summed E-state index contributed by atoms with van der Waals surface area (Å²) < 4.78 is 0. The summed E-state index contributed by atoms with van der Waals surface area (Å²) in [6, 6.07) is 0.546. The van der Waals surface area contributed by atoms with Gasteiger partial charge in [0.05, 0.1) is 5.92 Å². The number of carboxylic acids is 1. The standard InChI is InChI=1S/C13H23NO3/c1-9-6-14(7-11(9)8-15)12-4-2-10(3-5-12)13(16)17/h9-12,15H,2-8H2,1H3,(H,16,17)/t9-,10?,11-,12?/m0/s1. The van der Waals surface area contributed by atoms with E-state index in [0.29, 0.717) is 17.9 Å². The van der Waals surface area contributed by atoms with E-state index in [2.05, 4.69) is 11.8 Å². The van der Waals surface area contributed by atoms with E-state index in [0.717, 1.165) is 38.8 Å². The summed E-state index contributed by atoms with van der Waals surface area (Å²) in [6.07, 6.45) is 3.63. The minimum absolute atomic E-state index is 0.125. The van der Waals surface area contributed by atoms with Crippen molar-refractivity contribution in [2.45, 2.75) is 38.6 Å². The van der Waals surface area contributed by atoms with Crippen molar-refractivity contribution in [3.63, 3.8) is 0 Å². The van der Waals surface area contributed by atoms with Crippen molar-refractivity contribution in [2.24, 2.45) is 17.8 Å². The Kier molecular flexibility index (Phi) is 4.05. The van der Waals surface area contributed by atoms with Gasteiger partial charge in [-0.05, 0) is 37.5 Å². The third-order valence-electron chi connectivity index (χ3n) is 4.59. The molecule has 0 bridgehead atoms. The zero-order valence-electron chi connectivity index (χ0n) is 10.5. The summed E-state index contributed by atoms with van der Waals surface area (Å²) in [6.45, 7) is 4.53. The number of nitrogens with zero attached hydrogens (tertiary/aromatic N) is 1. The second-order valence-corrected chi connectivity index (χ2v) is 5.72. The Morgan fingerprint density at radius 3 is 2.35 bits per heavy atom. The van der Waals surface area contributed by atoms with Crippen molar-refractivity contribution >= 4 is 5.97 Å². The molecule has 4 nitrogen and oxygen atoms in total. The number of aliphatic carboxylic acids is 1. The first-order chi connectivity index (χ1) is 8.11. The molecule has 0 aromatic carbocycles. The normalized spacial score (nSPS) is 39.4. The molecule has 0 aromatic heterocycles. The predicted octanol–water partition coefficient (Wildman–Crippen LogP) is 1.19. The van der Waals surface area contributed by atoms with Crippen LogP contribution in [0.2, 0.25) is 0 Å². The first-order valence-electron chi connectivity index (χ1n) is 6.69. The van der Waals surface area contributed by atoms with Crippen molar-refractivity contribution in [3.05, 3.63) is 0 Å². The van der Waals surface area contributed by atoms with Crippen LogP contribution in [-0.4, -0.2) is 46.8 Å². The molecule has 1 saturated carbocycles. The Morgan fingerprint density at radius 2 is 1.88 bits per heavy atom. The fourth-order valence-corrected chi connectivity index (χ4v) is 3.30. The minimum Gasteiger partial charge on any atom is -0.481 e. The molecular formula is C13H23NO3. The highest BCUT2D eigenvalue weighted by atomic mass is 16.4. The minimum atomic E-state index is -0.633. The third kappa shape index (κ3) is 2.80. The number of likely N-dealkylation sites (tertiary alicyclic amines) is 1. The topological polar surface area (TPSA) is 60.8 Å². The van der Waals surface area contributed by atoms with Gasteiger partial charge in [0, 0.05) is 25.7 Å². The molecule has 2 N–H and O–H groups in total. The van der Waals surface area contributed by atoms with Crippen LogP contribution in [0.25, 0.3) is 0 Å². The van der Waals surface area contributed by atoms with Crippen LogP contribution >= 0.6 is 0 Å². The van der Waals surface area contributed by atoms with Gasteiger partial charge in [-0.3, -0.25) is 9.69 Å². The maximum absolute atomic E-state index is 10.9. The maximum Gasteiger partial charge on any atom is 0.306 e. The van der Waals surface area contributed by atoms with Gasteiger partial charge in [0.2, 0.25) is 0 Å². The molecule has 0 radical (unpaired) electrons. The van der Waals surface area contributed by atoms with Crippen LogP contribution in [0.4, 0.5) is 0 Å². The van der Waals surface area contributed by atoms with Crippen molar-refractivity contribution in [1.29, 1.82) is 0 Å². The number of hydrogen-bond donors (Lipinski definition) is 2. The molecule has 2 aliphatic rings. The highest BCUT2D eigenvalue weighted by molar-refractivity contribution is 5.70. The summed E-state index contributed by atoms with van der Waals surface area (Å²) in [7, 11) is 0. The lowest BCUT2D eigenvalue weighted by Crippen LogP contribution is -2.38. The summed E-state index contributed by atoms with van der Waals surface area (Å²) in [4.78, 5) is 13.3. The number of aliphatic hydroxyl groups is 1. The first-order valence-corrected chi connectivity index (χ1v) is 6.69. The zero-order chi connectivity index (χ0) is 12.4. The number of aliphatic hydroxyl groups excluding tert-OH is 1. The number of hydrogen-bond acceptors (Lipinski definition) is 3. The van der Waals surface area contributed by atoms with Crippen LogP contribution in [0.1, 0.15) is 32.6 Å². The van der Waals surface area contributed by atoms with Gasteiger partial charge < -0.3 is 10.2 Å². The van der Waals surface area contributed by atoms with Gasteiger partial charge in [0.15, 0.2) is 0 Å². The smallest absolute Gasteiger partial charge is 0.306 e. The molecule has 1 saturated heterocycles. The number of carbonyl (C=O) groups is 1. The Bertz CT molecular complexity index is 274. The van der Waals surface area contributed by atoms with Crippen LogP contribution in [0.15, 0.2) is 0 Å². The van der Waals surface area contributed by atoms with E-state index >= 15 is 0 Å². The second kappa shape index (κ2) is 5.36. The Morgan fingerprint density at radius 1 is 1.24 bits per heavy atom.